The van der Waals surface area contributed by atoms with Crippen molar-refractivity contribution in [3.63, 3.8) is 0 Å². The average molecular weight is 263 g/mol. The van der Waals surface area contributed by atoms with E-state index in [0.29, 0.717) is 12.0 Å². The quantitative estimate of drug-likeness (QED) is 0.787. The highest BCUT2D eigenvalue weighted by atomic mass is 19.1. The molecule has 0 bridgehead atoms. The van der Waals surface area contributed by atoms with Gasteiger partial charge in [-0.25, -0.2) is 4.39 Å². The van der Waals surface area contributed by atoms with Gasteiger partial charge in [0.25, 0.3) is 5.91 Å². The van der Waals surface area contributed by atoms with Crippen LogP contribution in [0.2, 0.25) is 0 Å². The fraction of sp³-hybridized carbons (Fsp3) is 0.308. The lowest BCUT2D eigenvalue weighted by Gasteiger charge is -2.23. The third kappa shape index (κ3) is 2.68. The molecule has 6 heteroatoms. The Morgan fingerprint density at radius 1 is 1.37 bits per heavy atom. The smallest absolute Gasteiger partial charge is 0.264 e. The third-order valence-electron chi connectivity index (χ3n) is 2.99. The molecule has 2 atom stereocenters. The first kappa shape index (κ1) is 13.4. The van der Waals surface area contributed by atoms with Crippen molar-refractivity contribution in [1.82, 2.24) is 5.32 Å². The zero-order valence-electron chi connectivity index (χ0n) is 10.4. The second-order valence-electron chi connectivity index (χ2n) is 4.32. The molecule has 0 radical (unpaired) electrons. The van der Waals surface area contributed by atoms with E-state index in [1.807, 2.05) is 6.92 Å². The van der Waals surface area contributed by atoms with Crippen LogP contribution in [0.4, 0.5) is 4.39 Å². The van der Waals surface area contributed by atoms with Gasteiger partial charge < -0.3 is 11.1 Å². The van der Waals surface area contributed by atoms with Crippen LogP contribution < -0.4 is 11.1 Å². The van der Waals surface area contributed by atoms with E-state index >= 15 is 0 Å². The summed E-state index contributed by atoms with van der Waals surface area (Å²) in [6, 6.07) is 4.73. The van der Waals surface area contributed by atoms with E-state index in [9.17, 15) is 14.0 Å². The molecule has 0 saturated carbocycles. The molecule has 19 heavy (non-hydrogen) atoms. The predicted molar refractivity (Wildman–Crippen MR) is 68.0 cm³/mol. The zero-order chi connectivity index (χ0) is 14.0. The Hall–Kier alpha value is -2.08. The molecule has 1 aromatic carbocycles. The van der Waals surface area contributed by atoms with Crippen molar-refractivity contribution in [2.45, 2.75) is 25.3 Å². The molecule has 2 amide bonds. The minimum Gasteiger partial charge on any atom is -0.321 e. The van der Waals surface area contributed by atoms with Gasteiger partial charge in [0.05, 0.1) is 6.04 Å². The standard InChI is InChI=1S/C13H14FN3O2/c1-2-9(15)11-16-12(18)10(13(19)17-11)7-3-5-8(14)6-4-7/h3-6,9-10H,2,15H2,1H3,(H,16,17,18,19). The summed E-state index contributed by atoms with van der Waals surface area (Å²) in [6.45, 7) is 1.83. The number of amidine groups is 1. The average Bonchev–Trinajstić information content (AvgIpc) is 2.39. The maximum Gasteiger partial charge on any atom is 0.264 e. The van der Waals surface area contributed by atoms with Crippen molar-refractivity contribution in [3.05, 3.63) is 35.6 Å². The third-order valence-corrected chi connectivity index (χ3v) is 2.99. The van der Waals surface area contributed by atoms with Crippen LogP contribution in [0.5, 0.6) is 0 Å². The fourth-order valence-corrected chi connectivity index (χ4v) is 1.84. The summed E-state index contributed by atoms with van der Waals surface area (Å²) in [5.74, 6) is -2.33. The summed E-state index contributed by atoms with van der Waals surface area (Å²) in [6.07, 6.45) is 0.563. The van der Waals surface area contributed by atoms with Gasteiger partial charge in [-0.15, -0.1) is 0 Å². The summed E-state index contributed by atoms with van der Waals surface area (Å²) in [4.78, 5) is 27.7. The Balaban J connectivity index is 2.30. The van der Waals surface area contributed by atoms with Gasteiger partial charge in [0.2, 0.25) is 5.91 Å². The number of hydrogen-bond donors (Lipinski definition) is 2. The number of nitrogens with one attached hydrogen (secondary N) is 1. The lowest BCUT2D eigenvalue weighted by molar-refractivity contribution is -0.129. The van der Waals surface area contributed by atoms with Crippen LogP contribution in [0.1, 0.15) is 24.8 Å². The van der Waals surface area contributed by atoms with Gasteiger partial charge in [-0.2, -0.15) is 4.99 Å². The Kier molecular flexibility index (Phi) is 3.71. The molecule has 0 spiro atoms. The summed E-state index contributed by atoms with van der Waals surface area (Å²) in [7, 11) is 0. The number of carbonyl (C=O) groups excluding carboxylic acids is 2. The number of benzene rings is 1. The number of nitrogens with zero attached hydrogens (tertiary/aromatic N) is 1. The second kappa shape index (κ2) is 5.27. The van der Waals surface area contributed by atoms with E-state index in [2.05, 4.69) is 10.3 Å². The molecule has 0 saturated heterocycles. The van der Waals surface area contributed by atoms with E-state index in [1.165, 1.54) is 24.3 Å². The van der Waals surface area contributed by atoms with Crippen molar-refractivity contribution in [2.75, 3.05) is 0 Å². The number of nitrogens with two attached hydrogens (primary N) is 1. The lowest BCUT2D eigenvalue weighted by Crippen LogP contribution is -2.50. The number of carbonyl (C=O) groups is 2. The van der Waals surface area contributed by atoms with E-state index in [0.717, 1.165) is 0 Å². The molecule has 3 N–H and O–H groups in total. The Bertz CT molecular complexity index is 539. The summed E-state index contributed by atoms with van der Waals surface area (Å²) in [5, 5.41) is 2.53. The van der Waals surface area contributed by atoms with Gasteiger partial charge in [0, 0.05) is 0 Å². The largest absolute Gasteiger partial charge is 0.321 e. The van der Waals surface area contributed by atoms with Crippen molar-refractivity contribution in [2.24, 2.45) is 10.7 Å². The molecular formula is C13H14FN3O2. The first-order valence-corrected chi connectivity index (χ1v) is 5.97. The van der Waals surface area contributed by atoms with E-state index in [1.54, 1.807) is 0 Å². The van der Waals surface area contributed by atoms with E-state index in [-0.39, 0.29) is 5.84 Å². The molecule has 0 aromatic heterocycles. The highest BCUT2D eigenvalue weighted by Crippen LogP contribution is 2.21. The van der Waals surface area contributed by atoms with E-state index in [4.69, 9.17) is 5.73 Å². The first-order valence-electron chi connectivity index (χ1n) is 5.97. The maximum atomic E-state index is 12.8. The second-order valence-corrected chi connectivity index (χ2v) is 4.32. The van der Waals surface area contributed by atoms with Crippen molar-refractivity contribution in [1.29, 1.82) is 0 Å². The number of hydrogen-bond acceptors (Lipinski definition) is 3. The van der Waals surface area contributed by atoms with Gasteiger partial charge in [0.1, 0.15) is 17.6 Å². The number of halogens is 1. The van der Waals surface area contributed by atoms with Gasteiger partial charge in [-0.1, -0.05) is 19.1 Å². The topological polar surface area (TPSA) is 84.5 Å². The van der Waals surface area contributed by atoms with Crippen LogP contribution in [-0.4, -0.2) is 23.7 Å². The van der Waals surface area contributed by atoms with Gasteiger partial charge in [-0.05, 0) is 24.1 Å². The van der Waals surface area contributed by atoms with Crippen molar-refractivity contribution >= 4 is 17.6 Å². The molecule has 1 aliphatic heterocycles. The molecule has 2 rings (SSSR count). The van der Waals surface area contributed by atoms with Crippen LogP contribution >= 0.6 is 0 Å². The van der Waals surface area contributed by atoms with E-state index < -0.39 is 29.6 Å². The Labute approximate surface area is 109 Å². The molecule has 2 unspecified atom stereocenters. The normalized spacial score (nSPS) is 20.8. The van der Waals surface area contributed by atoms with Crippen LogP contribution in [0.3, 0.4) is 0 Å². The van der Waals surface area contributed by atoms with Crippen LogP contribution in [0.25, 0.3) is 0 Å². The summed E-state index contributed by atoms with van der Waals surface area (Å²) < 4.78 is 12.8. The molecule has 1 heterocycles. The zero-order valence-corrected chi connectivity index (χ0v) is 10.4. The molecule has 1 aliphatic rings. The molecule has 5 nitrogen and oxygen atoms in total. The summed E-state index contributed by atoms with van der Waals surface area (Å²) >= 11 is 0. The minimum atomic E-state index is -1.03. The van der Waals surface area contributed by atoms with Crippen LogP contribution in [-0.2, 0) is 9.59 Å². The van der Waals surface area contributed by atoms with Crippen LogP contribution in [0.15, 0.2) is 29.3 Å². The molecule has 0 fully saturated rings. The van der Waals surface area contributed by atoms with Crippen LogP contribution in [0, 0.1) is 5.82 Å². The van der Waals surface area contributed by atoms with Gasteiger partial charge in [0.15, 0.2) is 0 Å². The monoisotopic (exact) mass is 263 g/mol. The number of aliphatic imine (C=N–C) groups is 1. The van der Waals surface area contributed by atoms with Gasteiger partial charge in [-0.3, -0.25) is 9.59 Å². The highest BCUT2D eigenvalue weighted by molar-refractivity contribution is 6.20. The Morgan fingerprint density at radius 3 is 2.53 bits per heavy atom. The fourth-order valence-electron chi connectivity index (χ4n) is 1.84. The number of amides is 2. The Morgan fingerprint density at radius 2 is 2.00 bits per heavy atom. The lowest BCUT2D eigenvalue weighted by atomic mass is 9.95. The number of rotatable bonds is 3. The van der Waals surface area contributed by atoms with Crippen molar-refractivity contribution < 1.29 is 14.0 Å². The summed E-state index contributed by atoms with van der Waals surface area (Å²) in [5.41, 5.74) is 6.14. The highest BCUT2D eigenvalue weighted by Gasteiger charge is 2.34. The first-order chi connectivity index (χ1) is 9.02. The SMILES string of the molecule is CCC(N)C1=NC(=O)C(c2ccc(F)cc2)C(=O)N1. The predicted octanol–water partition coefficient (Wildman–Crippen LogP) is 0.702. The van der Waals surface area contributed by atoms with Crippen molar-refractivity contribution in [3.8, 4) is 0 Å². The molecular weight excluding hydrogens is 249 g/mol. The minimum absolute atomic E-state index is 0.191. The maximum absolute atomic E-state index is 12.8. The molecule has 0 aliphatic carbocycles. The molecule has 100 valence electrons. The van der Waals surface area contributed by atoms with Gasteiger partial charge >= 0.3 is 0 Å². The molecule has 1 aromatic rings.